The summed E-state index contributed by atoms with van der Waals surface area (Å²) >= 11 is 1.78. The van der Waals surface area contributed by atoms with Crippen LogP contribution in [-0.4, -0.2) is 0 Å². The van der Waals surface area contributed by atoms with Crippen LogP contribution in [0.4, 0.5) is 0 Å². The molecular formula is C17H20OS. The minimum atomic E-state index is 1.01. The quantitative estimate of drug-likeness (QED) is 0.707. The molecule has 1 heterocycles. The first kappa shape index (κ1) is 12.9. The van der Waals surface area contributed by atoms with Crippen molar-refractivity contribution in [2.24, 2.45) is 0 Å². The van der Waals surface area contributed by atoms with Gasteiger partial charge in [-0.15, -0.1) is 0 Å². The normalized spacial score (nSPS) is 15.0. The number of fused-ring (bicyclic) bond motifs is 1. The van der Waals surface area contributed by atoms with Crippen LogP contribution >= 0.6 is 11.8 Å². The van der Waals surface area contributed by atoms with Gasteiger partial charge in [0, 0.05) is 16.9 Å². The van der Waals surface area contributed by atoms with Crippen LogP contribution in [0.1, 0.15) is 43.1 Å². The largest absolute Gasteiger partial charge is 0.454 e. The van der Waals surface area contributed by atoms with E-state index in [9.17, 15) is 0 Å². The number of aryl methyl sites for hydroxylation is 1. The van der Waals surface area contributed by atoms with Crippen molar-refractivity contribution in [1.82, 2.24) is 0 Å². The Hall–Kier alpha value is -1.15. The summed E-state index contributed by atoms with van der Waals surface area (Å²) in [6.45, 7) is 2.20. The van der Waals surface area contributed by atoms with Gasteiger partial charge < -0.3 is 4.42 Å². The molecule has 1 aromatic carbocycles. The average Bonchev–Trinajstić information content (AvgIpc) is 2.64. The summed E-state index contributed by atoms with van der Waals surface area (Å²) in [5.41, 5.74) is 3.00. The number of benzene rings is 1. The molecule has 3 rings (SSSR count). The Morgan fingerprint density at radius 1 is 1.00 bits per heavy atom. The molecule has 0 fully saturated rings. The lowest BCUT2D eigenvalue weighted by atomic mass is 10.1. The molecule has 0 atom stereocenters. The third-order valence-corrected chi connectivity index (χ3v) is 4.81. The molecule has 2 heteroatoms. The second kappa shape index (κ2) is 5.87. The lowest BCUT2D eigenvalue weighted by Gasteiger charge is -2.01. The van der Waals surface area contributed by atoms with Crippen molar-refractivity contribution >= 4 is 11.8 Å². The van der Waals surface area contributed by atoms with E-state index in [1.807, 2.05) is 0 Å². The summed E-state index contributed by atoms with van der Waals surface area (Å²) in [5.74, 6) is 1.22. The molecule has 100 valence electrons. The Bertz CT molecular complexity index is 542. The Labute approximate surface area is 119 Å². The Morgan fingerprint density at radius 2 is 1.74 bits per heavy atom. The van der Waals surface area contributed by atoms with Gasteiger partial charge in [-0.05, 0) is 43.4 Å². The second-order valence-electron chi connectivity index (χ2n) is 5.10. The summed E-state index contributed by atoms with van der Waals surface area (Å²) in [5, 5.41) is 1.14. The molecule has 0 unspecified atom stereocenters. The highest BCUT2D eigenvalue weighted by Gasteiger charge is 2.21. The van der Waals surface area contributed by atoms with Gasteiger partial charge in [-0.2, -0.15) is 0 Å². The molecule has 19 heavy (non-hydrogen) atoms. The highest BCUT2D eigenvalue weighted by molar-refractivity contribution is 7.99. The molecule has 2 aromatic rings. The predicted molar refractivity (Wildman–Crippen MR) is 79.9 cm³/mol. The summed E-state index contributed by atoms with van der Waals surface area (Å²) in [4.78, 5) is 1.27. The van der Waals surface area contributed by atoms with E-state index in [1.54, 1.807) is 11.8 Å². The molecule has 1 aliphatic rings. The SMILES string of the molecule is CCc1oc(Sc2ccccc2)c2c1CCCCC2. The summed E-state index contributed by atoms with van der Waals surface area (Å²) < 4.78 is 6.14. The first-order valence-electron chi connectivity index (χ1n) is 7.24. The van der Waals surface area contributed by atoms with Crippen LogP contribution in [0, 0.1) is 0 Å². The summed E-state index contributed by atoms with van der Waals surface area (Å²) in [6.07, 6.45) is 7.38. The molecule has 1 aliphatic carbocycles. The van der Waals surface area contributed by atoms with Gasteiger partial charge in [0.05, 0.1) is 0 Å². The lowest BCUT2D eigenvalue weighted by molar-refractivity contribution is 0.426. The number of hydrogen-bond acceptors (Lipinski definition) is 2. The van der Waals surface area contributed by atoms with Crippen molar-refractivity contribution in [2.45, 2.75) is 55.4 Å². The molecule has 0 saturated heterocycles. The Balaban J connectivity index is 1.95. The fourth-order valence-corrected chi connectivity index (χ4v) is 3.81. The van der Waals surface area contributed by atoms with E-state index < -0.39 is 0 Å². The highest BCUT2D eigenvalue weighted by atomic mass is 32.2. The van der Waals surface area contributed by atoms with E-state index >= 15 is 0 Å². The first-order valence-corrected chi connectivity index (χ1v) is 8.06. The molecular weight excluding hydrogens is 252 g/mol. The molecule has 0 spiro atoms. The van der Waals surface area contributed by atoms with Crippen LogP contribution in [0.15, 0.2) is 44.7 Å². The minimum Gasteiger partial charge on any atom is -0.454 e. The van der Waals surface area contributed by atoms with E-state index in [0.717, 1.165) is 11.5 Å². The maximum Gasteiger partial charge on any atom is 0.168 e. The van der Waals surface area contributed by atoms with Gasteiger partial charge in [0.1, 0.15) is 5.76 Å². The molecule has 0 saturated carbocycles. The minimum absolute atomic E-state index is 1.01. The van der Waals surface area contributed by atoms with E-state index in [1.165, 1.54) is 53.9 Å². The van der Waals surface area contributed by atoms with E-state index in [-0.39, 0.29) is 0 Å². The average molecular weight is 272 g/mol. The number of hydrogen-bond donors (Lipinski definition) is 0. The van der Waals surface area contributed by atoms with Crippen molar-refractivity contribution in [1.29, 1.82) is 0 Å². The first-order chi connectivity index (χ1) is 9.38. The Kier molecular flexibility index (Phi) is 3.97. The number of rotatable bonds is 3. The lowest BCUT2D eigenvalue weighted by Crippen LogP contribution is -1.90. The molecule has 0 radical (unpaired) electrons. The van der Waals surface area contributed by atoms with Crippen molar-refractivity contribution in [3.8, 4) is 0 Å². The fourth-order valence-electron chi connectivity index (χ4n) is 2.81. The van der Waals surface area contributed by atoms with Crippen LogP contribution in [0.5, 0.6) is 0 Å². The molecule has 0 N–H and O–H groups in total. The smallest absolute Gasteiger partial charge is 0.168 e. The van der Waals surface area contributed by atoms with Gasteiger partial charge in [0.15, 0.2) is 5.09 Å². The van der Waals surface area contributed by atoms with Crippen LogP contribution < -0.4 is 0 Å². The van der Waals surface area contributed by atoms with Crippen LogP contribution in [0.3, 0.4) is 0 Å². The van der Waals surface area contributed by atoms with Gasteiger partial charge in [-0.25, -0.2) is 0 Å². The van der Waals surface area contributed by atoms with Crippen LogP contribution in [-0.2, 0) is 19.3 Å². The van der Waals surface area contributed by atoms with Gasteiger partial charge in [-0.1, -0.05) is 43.3 Å². The van der Waals surface area contributed by atoms with Crippen molar-refractivity contribution in [3.63, 3.8) is 0 Å². The third kappa shape index (κ3) is 2.74. The summed E-state index contributed by atoms with van der Waals surface area (Å²) in [6, 6.07) is 10.5. The van der Waals surface area contributed by atoms with E-state index in [2.05, 4.69) is 37.3 Å². The van der Waals surface area contributed by atoms with Crippen molar-refractivity contribution in [3.05, 3.63) is 47.2 Å². The van der Waals surface area contributed by atoms with Gasteiger partial charge in [-0.3, -0.25) is 0 Å². The zero-order chi connectivity index (χ0) is 13.1. The number of furan rings is 1. The van der Waals surface area contributed by atoms with Crippen LogP contribution in [0.2, 0.25) is 0 Å². The topological polar surface area (TPSA) is 13.1 Å². The predicted octanol–water partition coefficient (Wildman–Crippen LogP) is 5.26. The fraction of sp³-hybridized carbons (Fsp3) is 0.412. The third-order valence-electron chi connectivity index (χ3n) is 3.79. The molecule has 0 aliphatic heterocycles. The van der Waals surface area contributed by atoms with Crippen LogP contribution in [0.25, 0.3) is 0 Å². The van der Waals surface area contributed by atoms with E-state index in [4.69, 9.17) is 4.42 Å². The van der Waals surface area contributed by atoms with Crippen molar-refractivity contribution < 1.29 is 4.42 Å². The zero-order valence-corrected chi connectivity index (χ0v) is 12.3. The summed E-state index contributed by atoms with van der Waals surface area (Å²) in [7, 11) is 0. The monoisotopic (exact) mass is 272 g/mol. The maximum atomic E-state index is 6.14. The molecule has 0 bridgehead atoms. The second-order valence-corrected chi connectivity index (χ2v) is 6.15. The standard InChI is InChI=1S/C17H20OS/c1-2-16-14-11-7-4-8-12-15(14)17(18-16)19-13-9-5-3-6-10-13/h3,5-6,9-10H,2,4,7-8,11-12H2,1H3. The molecule has 0 amide bonds. The van der Waals surface area contributed by atoms with E-state index in [0.29, 0.717) is 0 Å². The van der Waals surface area contributed by atoms with Gasteiger partial charge >= 0.3 is 0 Å². The molecule has 1 aromatic heterocycles. The molecule has 1 nitrogen and oxygen atoms in total. The highest BCUT2D eigenvalue weighted by Crippen LogP contribution is 2.38. The maximum absolute atomic E-state index is 6.14. The van der Waals surface area contributed by atoms with Gasteiger partial charge in [0.25, 0.3) is 0 Å². The van der Waals surface area contributed by atoms with Crippen molar-refractivity contribution in [2.75, 3.05) is 0 Å². The zero-order valence-electron chi connectivity index (χ0n) is 11.4. The van der Waals surface area contributed by atoms with Gasteiger partial charge in [0.2, 0.25) is 0 Å². The Morgan fingerprint density at radius 3 is 2.47 bits per heavy atom.